The van der Waals surface area contributed by atoms with Gasteiger partial charge in [-0.1, -0.05) is 37.6 Å². The van der Waals surface area contributed by atoms with E-state index in [1.807, 2.05) is 26.0 Å². The molecule has 0 fully saturated rings. The Morgan fingerprint density at radius 1 is 1.40 bits per heavy atom. The summed E-state index contributed by atoms with van der Waals surface area (Å²) in [5.74, 6) is -1.09. The van der Waals surface area contributed by atoms with E-state index in [4.69, 9.17) is 5.11 Å². The molecule has 0 saturated carbocycles. The fraction of sp³-hybridized carbons (Fsp3) is 0.462. The predicted octanol–water partition coefficient (Wildman–Crippen LogP) is 3.14. The maximum absolute atomic E-state index is 11.1. The Kier molecular flexibility index (Phi) is 3.89. The zero-order valence-electron chi connectivity index (χ0n) is 9.58. The number of carbonyl (C=O) groups is 1. The largest absolute Gasteiger partial charge is 0.481 e. The lowest BCUT2D eigenvalue weighted by Crippen LogP contribution is -2.12. The van der Waals surface area contributed by atoms with Gasteiger partial charge in [-0.3, -0.25) is 4.79 Å². The van der Waals surface area contributed by atoms with Crippen molar-refractivity contribution < 1.29 is 9.90 Å². The maximum Gasteiger partial charge on any atom is 0.310 e. The van der Waals surface area contributed by atoms with Gasteiger partial charge in [0.05, 0.1) is 5.92 Å². The molecule has 0 spiro atoms. The Balaban J connectivity index is 3.16. The molecule has 0 aromatic heterocycles. The molecule has 2 heteroatoms. The highest BCUT2D eigenvalue weighted by atomic mass is 16.4. The van der Waals surface area contributed by atoms with Gasteiger partial charge < -0.3 is 5.11 Å². The third-order valence-electron chi connectivity index (χ3n) is 2.76. The Labute approximate surface area is 90.9 Å². The van der Waals surface area contributed by atoms with Crippen LogP contribution in [-0.4, -0.2) is 11.1 Å². The Morgan fingerprint density at radius 3 is 2.53 bits per heavy atom. The number of hydrogen-bond acceptors (Lipinski definition) is 1. The lowest BCUT2D eigenvalue weighted by molar-refractivity contribution is -0.138. The lowest BCUT2D eigenvalue weighted by Gasteiger charge is -2.15. The molecule has 0 bridgehead atoms. The van der Waals surface area contributed by atoms with E-state index in [0.29, 0.717) is 6.42 Å². The van der Waals surface area contributed by atoms with E-state index in [-0.39, 0.29) is 5.92 Å². The van der Waals surface area contributed by atoms with Crippen LogP contribution >= 0.6 is 0 Å². The van der Waals surface area contributed by atoms with Gasteiger partial charge >= 0.3 is 5.97 Å². The number of rotatable bonds is 4. The van der Waals surface area contributed by atoms with Crippen LogP contribution in [0.3, 0.4) is 0 Å². The molecule has 0 saturated heterocycles. The summed E-state index contributed by atoms with van der Waals surface area (Å²) in [7, 11) is 0. The summed E-state index contributed by atoms with van der Waals surface area (Å²) in [4.78, 5) is 11.1. The predicted molar refractivity (Wildman–Crippen MR) is 61.2 cm³/mol. The van der Waals surface area contributed by atoms with Crippen molar-refractivity contribution in [3.8, 4) is 0 Å². The molecule has 15 heavy (non-hydrogen) atoms. The van der Waals surface area contributed by atoms with Gasteiger partial charge in [0.1, 0.15) is 0 Å². The molecule has 1 rings (SSSR count). The second-order valence-corrected chi connectivity index (χ2v) is 3.85. The highest BCUT2D eigenvalue weighted by Gasteiger charge is 2.19. The fourth-order valence-electron chi connectivity index (χ4n) is 1.91. The number of aryl methyl sites for hydroxylation is 2. The average molecular weight is 206 g/mol. The van der Waals surface area contributed by atoms with Crippen molar-refractivity contribution in [1.82, 2.24) is 0 Å². The first-order valence-corrected chi connectivity index (χ1v) is 5.42. The van der Waals surface area contributed by atoms with E-state index in [1.165, 1.54) is 5.56 Å². The number of carboxylic acids is 1. The van der Waals surface area contributed by atoms with E-state index < -0.39 is 5.97 Å². The molecule has 1 aromatic rings. The lowest BCUT2D eigenvalue weighted by atomic mass is 9.90. The number of hydrogen-bond donors (Lipinski definition) is 1. The van der Waals surface area contributed by atoms with Crippen molar-refractivity contribution in [3.63, 3.8) is 0 Å². The van der Waals surface area contributed by atoms with Crippen molar-refractivity contribution in [3.05, 3.63) is 34.9 Å². The summed E-state index contributed by atoms with van der Waals surface area (Å²) < 4.78 is 0. The minimum Gasteiger partial charge on any atom is -0.481 e. The standard InChI is InChI=1S/C13H18O2/c1-4-10-8-9(3)6-7-12(10)11(5-2)13(14)15/h6-8,11H,4-5H2,1-3H3,(H,14,15). The van der Waals surface area contributed by atoms with Crippen LogP contribution in [0.15, 0.2) is 18.2 Å². The molecule has 0 heterocycles. The first-order valence-electron chi connectivity index (χ1n) is 5.42. The summed E-state index contributed by atoms with van der Waals surface area (Å²) in [5.41, 5.74) is 3.32. The average Bonchev–Trinajstić information content (AvgIpc) is 2.20. The molecule has 0 radical (unpaired) electrons. The van der Waals surface area contributed by atoms with Crippen LogP contribution in [0.1, 0.15) is 42.9 Å². The maximum atomic E-state index is 11.1. The van der Waals surface area contributed by atoms with Crippen LogP contribution in [0.25, 0.3) is 0 Å². The Hall–Kier alpha value is -1.31. The van der Waals surface area contributed by atoms with Gasteiger partial charge in [-0.25, -0.2) is 0 Å². The molecular formula is C13H18O2. The molecule has 0 aliphatic heterocycles. The number of carboxylic acid groups (broad SMARTS) is 1. The summed E-state index contributed by atoms with van der Waals surface area (Å²) in [6.07, 6.45) is 1.53. The first kappa shape index (κ1) is 11.8. The molecular weight excluding hydrogens is 188 g/mol. The molecule has 0 aliphatic carbocycles. The second kappa shape index (κ2) is 4.96. The van der Waals surface area contributed by atoms with Gasteiger partial charge in [-0.2, -0.15) is 0 Å². The summed E-state index contributed by atoms with van der Waals surface area (Å²) in [5, 5.41) is 9.12. The van der Waals surface area contributed by atoms with Crippen LogP contribution in [-0.2, 0) is 11.2 Å². The summed E-state index contributed by atoms with van der Waals surface area (Å²) in [6.45, 7) is 6.01. The van der Waals surface area contributed by atoms with E-state index in [0.717, 1.165) is 17.5 Å². The molecule has 0 aliphatic rings. The van der Waals surface area contributed by atoms with E-state index in [2.05, 4.69) is 13.0 Å². The molecule has 1 atom stereocenters. The SMILES string of the molecule is CCc1cc(C)ccc1C(CC)C(=O)O. The van der Waals surface area contributed by atoms with Gasteiger partial charge in [0.15, 0.2) is 0 Å². The molecule has 0 amide bonds. The molecule has 82 valence electrons. The van der Waals surface area contributed by atoms with E-state index in [9.17, 15) is 4.79 Å². The third kappa shape index (κ3) is 2.58. The monoisotopic (exact) mass is 206 g/mol. The molecule has 2 nitrogen and oxygen atoms in total. The molecule has 1 N–H and O–H groups in total. The quantitative estimate of drug-likeness (QED) is 0.821. The summed E-state index contributed by atoms with van der Waals surface area (Å²) in [6, 6.07) is 6.03. The zero-order valence-corrected chi connectivity index (χ0v) is 9.58. The van der Waals surface area contributed by atoms with Gasteiger partial charge in [-0.05, 0) is 30.9 Å². The normalized spacial score (nSPS) is 12.5. The van der Waals surface area contributed by atoms with E-state index in [1.54, 1.807) is 0 Å². The first-order chi connectivity index (χ1) is 7.10. The van der Waals surface area contributed by atoms with Crippen LogP contribution in [0, 0.1) is 6.92 Å². The highest BCUT2D eigenvalue weighted by molar-refractivity contribution is 5.76. The van der Waals surface area contributed by atoms with Crippen molar-refractivity contribution in [2.45, 2.75) is 39.5 Å². The van der Waals surface area contributed by atoms with Crippen molar-refractivity contribution in [1.29, 1.82) is 0 Å². The van der Waals surface area contributed by atoms with Gasteiger partial charge in [0.2, 0.25) is 0 Å². The number of benzene rings is 1. The van der Waals surface area contributed by atoms with Crippen LogP contribution in [0.5, 0.6) is 0 Å². The Morgan fingerprint density at radius 2 is 2.07 bits per heavy atom. The van der Waals surface area contributed by atoms with Crippen molar-refractivity contribution in [2.24, 2.45) is 0 Å². The smallest absolute Gasteiger partial charge is 0.310 e. The van der Waals surface area contributed by atoms with Crippen molar-refractivity contribution in [2.75, 3.05) is 0 Å². The summed E-state index contributed by atoms with van der Waals surface area (Å²) >= 11 is 0. The zero-order chi connectivity index (χ0) is 11.4. The highest BCUT2D eigenvalue weighted by Crippen LogP contribution is 2.25. The minimum absolute atomic E-state index is 0.361. The second-order valence-electron chi connectivity index (χ2n) is 3.85. The Bertz CT molecular complexity index is 356. The van der Waals surface area contributed by atoms with Crippen LogP contribution in [0.4, 0.5) is 0 Å². The van der Waals surface area contributed by atoms with Crippen LogP contribution in [0.2, 0.25) is 0 Å². The third-order valence-corrected chi connectivity index (χ3v) is 2.76. The number of aliphatic carboxylic acids is 1. The molecule has 1 aromatic carbocycles. The topological polar surface area (TPSA) is 37.3 Å². The van der Waals surface area contributed by atoms with Gasteiger partial charge in [0.25, 0.3) is 0 Å². The van der Waals surface area contributed by atoms with Gasteiger partial charge in [-0.15, -0.1) is 0 Å². The van der Waals surface area contributed by atoms with Crippen LogP contribution < -0.4 is 0 Å². The minimum atomic E-state index is -0.726. The molecule has 1 unspecified atom stereocenters. The van der Waals surface area contributed by atoms with E-state index >= 15 is 0 Å². The van der Waals surface area contributed by atoms with Crippen molar-refractivity contribution >= 4 is 5.97 Å². The van der Waals surface area contributed by atoms with Gasteiger partial charge in [0, 0.05) is 0 Å². The fourth-order valence-corrected chi connectivity index (χ4v) is 1.91.